The Hall–Kier alpha value is -1.72. The molecule has 0 unspecified atom stereocenters. The van der Waals surface area contributed by atoms with Crippen molar-refractivity contribution in [3.05, 3.63) is 23.8 Å². The Morgan fingerprint density at radius 2 is 1.86 bits per heavy atom. The molecule has 1 aromatic rings. The number of carbonyl (C=O) groups excluding carboxylic acids is 1. The third-order valence-corrected chi connectivity index (χ3v) is 4.67. The number of halogens is 3. The lowest BCUT2D eigenvalue weighted by molar-refractivity contribution is -0.137. The quantitative estimate of drug-likeness (QED) is 0.790. The zero-order valence-electron chi connectivity index (χ0n) is 11.8. The second-order valence-corrected chi connectivity index (χ2v) is 5.80. The molecule has 1 aliphatic heterocycles. The van der Waals surface area contributed by atoms with Gasteiger partial charge in [-0.05, 0) is 25.0 Å². The SMILES string of the molecule is CN1c2c(cccc2C(F)(F)F)NC(=O)C12CCCCC2. The fraction of sp³-hybridized carbons (Fsp3) is 0.533. The summed E-state index contributed by atoms with van der Waals surface area (Å²) in [5, 5.41) is 2.68. The Labute approximate surface area is 121 Å². The fourth-order valence-electron chi connectivity index (χ4n) is 3.54. The van der Waals surface area contributed by atoms with E-state index in [-0.39, 0.29) is 17.3 Å². The largest absolute Gasteiger partial charge is 0.418 e. The topological polar surface area (TPSA) is 32.3 Å². The summed E-state index contributed by atoms with van der Waals surface area (Å²) in [5.74, 6) is -0.184. The maximum atomic E-state index is 13.3. The molecule has 0 atom stereocenters. The van der Waals surface area contributed by atoms with Crippen LogP contribution in [-0.2, 0) is 11.0 Å². The van der Waals surface area contributed by atoms with Crippen LogP contribution in [0.4, 0.5) is 24.5 Å². The normalized spacial score (nSPS) is 21.1. The van der Waals surface area contributed by atoms with Crippen LogP contribution in [0, 0.1) is 0 Å². The van der Waals surface area contributed by atoms with Crippen molar-refractivity contribution in [2.45, 2.75) is 43.8 Å². The zero-order chi connectivity index (χ0) is 15.3. The lowest BCUT2D eigenvalue weighted by Crippen LogP contribution is -2.59. The molecule has 1 fully saturated rings. The van der Waals surface area contributed by atoms with Gasteiger partial charge in [-0.25, -0.2) is 0 Å². The van der Waals surface area contributed by atoms with E-state index in [1.165, 1.54) is 12.1 Å². The summed E-state index contributed by atoms with van der Waals surface area (Å²) in [4.78, 5) is 14.0. The van der Waals surface area contributed by atoms with Gasteiger partial charge in [0.15, 0.2) is 0 Å². The number of anilines is 2. The summed E-state index contributed by atoms with van der Waals surface area (Å²) < 4.78 is 39.8. The summed E-state index contributed by atoms with van der Waals surface area (Å²) in [6.07, 6.45) is -0.487. The maximum absolute atomic E-state index is 13.3. The van der Waals surface area contributed by atoms with E-state index in [4.69, 9.17) is 0 Å². The van der Waals surface area contributed by atoms with Gasteiger partial charge in [-0.1, -0.05) is 25.3 Å². The molecule has 6 heteroatoms. The molecule has 114 valence electrons. The van der Waals surface area contributed by atoms with Crippen molar-refractivity contribution in [2.75, 3.05) is 17.3 Å². The first kappa shape index (κ1) is 14.2. The summed E-state index contributed by atoms with van der Waals surface area (Å²) in [5.41, 5.74) is -1.19. The average Bonchev–Trinajstić information content (AvgIpc) is 2.45. The van der Waals surface area contributed by atoms with Gasteiger partial charge in [0.2, 0.25) is 5.91 Å². The maximum Gasteiger partial charge on any atom is 0.418 e. The van der Waals surface area contributed by atoms with E-state index in [1.807, 2.05) is 0 Å². The number of para-hydroxylation sites is 1. The lowest BCUT2D eigenvalue weighted by Gasteiger charge is -2.48. The summed E-state index contributed by atoms with van der Waals surface area (Å²) in [6, 6.07) is 3.92. The first-order valence-corrected chi connectivity index (χ1v) is 7.12. The molecule has 1 saturated carbocycles. The van der Waals surface area contributed by atoms with Crippen LogP contribution in [0.5, 0.6) is 0 Å². The third kappa shape index (κ3) is 2.08. The molecule has 0 aromatic heterocycles. The highest BCUT2D eigenvalue weighted by atomic mass is 19.4. The number of carbonyl (C=O) groups is 1. The second-order valence-electron chi connectivity index (χ2n) is 5.80. The van der Waals surface area contributed by atoms with Gasteiger partial charge in [-0.3, -0.25) is 4.79 Å². The van der Waals surface area contributed by atoms with Crippen LogP contribution in [0.1, 0.15) is 37.7 Å². The van der Waals surface area contributed by atoms with E-state index in [0.29, 0.717) is 12.8 Å². The second kappa shape index (κ2) is 4.64. The molecule has 1 amide bonds. The Morgan fingerprint density at radius 3 is 2.48 bits per heavy atom. The summed E-state index contributed by atoms with van der Waals surface area (Å²) in [6.45, 7) is 0. The van der Waals surface area contributed by atoms with Crippen molar-refractivity contribution in [1.82, 2.24) is 0 Å². The highest BCUT2D eigenvalue weighted by Gasteiger charge is 2.49. The first-order valence-electron chi connectivity index (χ1n) is 7.12. The van der Waals surface area contributed by atoms with Crippen molar-refractivity contribution in [3.8, 4) is 0 Å². The van der Waals surface area contributed by atoms with E-state index in [0.717, 1.165) is 25.3 Å². The molecule has 1 heterocycles. The van der Waals surface area contributed by atoms with E-state index in [2.05, 4.69) is 5.32 Å². The van der Waals surface area contributed by atoms with Gasteiger partial charge < -0.3 is 10.2 Å². The van der Waals surface area contributed by atoms with Crippen molar-refractivity contribution in [1.29, 1.82) is 0 Å². The number of benzene rings is 1. The summed E-state index contributed by atoms with van der Waals surface area (Å²) in [7, 11) is 1.61. The summed E-state index contributed by atoms with van der Waals surface area (Å²) >= 11 is 0. The number of fused-ring (bicyclic) bond motifs is 1. The highest BCUT2D eigenvalue weighted by molar-refractivity contribution is 6.07. The van der Waals surface area contributed by atoms with Crippen molar-refractivity contribution >= 4 is 17.3 Å². The van der Waals surface area contributed by atoms with E-state index in [9.17, 15) is 18.0 Å². The van der Waals surface area contributed by atoms with Gasteiger partial charge in [0.05, 0.1) is 16.9 Å². The number of hydrogen-bond donors (Lipinski definition) is 1. The van der Waals surface area contributed by atoms with Crippen LogP contribution in [0.3, 0.4) is 0 Å². The van der Waals surface area contributed by atoms with Crippen LogP contribution >= 0.6 is 0 Å². The molecular weight excluding hydrogens is 281 g/mol. The molecular formula is C15H17F3N2O. The van der Waals surface area contributed by atoms with Crippen LogP contribution in [0.15, 0.2) is 18.2 Å². The Kier molecular flexibility index (Phi) is 3.15. The van der Waals surface area contributed by atoms with E-state index < -0.39 is 17.3 Å². The van der Waals surface area contributed by atoms with Crippen molar-refractivity contribution < 1.29 is 18.0 Å². The zero-order valence-corrected chi connectivity index (χ0v) is 11.8. The van der Waals surface area contributed by atoms with Gasteiger partial charge in [-0.15, -0.1) is 0 Å². The number of rotatable bonds is 0. The minimum Gasteiger partial charge on any atom is -0.358 e. The molecule has 3 rings (SSSR count). The van der Waals surface area contributed by atoms with E-state index in [1.54, 1.807) is 11.9 Å². The predicted octanol–water partition coefficient (Wildman–Crippen LogP) is 3.80. The van der Waals surface area contributed by atoms with Gasteiger partial charge >= 0.3 is 6.18 Å². The third-order valence-electron chi connectivity index (χ3n) is 4.67. The van der Waals surface area contributed by atoms with Crippen molar-refractivity contribution in [3.63, 3.8) is 0 Å². The van der Waals surface area contributed by atoms with Crippen LogP contribution < -0.4 is 10.2 Å². The highest BCUT2D eigenvalue weighted by Crippen LogP contribution is 2.48. The van der Waals surface area contributed by atoms with Crippen LogP contribution in [0.2, 0.25) is 0 Å². The number of nitrogens with one attached hydrogen (secondary N) is 1. The number of amides is 1. The minimum atomic E-state index is -4.43. The predicted molar refractivity (Wildman–Crippen MR) is 74.3 cm³/mol. The molecule has 1 aromatic carbocycles. The number of alkyl halides is 3. The molecule has 1 aliphatic carbocycles. The molecule has 1 N–H and O–H groups in total. The molecule has 2 aliphatic rings. The molecule has 1 spiro atoms. The standard InChI is InChI=1S/C15H17F3N2O/c1-20-12-10(15(16,17)18)6-5-7-11(12)19-13(21)14(20)8-3-2-4-9-14/h5-7H,2-4,8-9H2,1H3,(H,19,21). The molecule has 21 heavy (non-hydrogen) atoms. The molecule has 0 bridgehead atoms. The number of nitrogens with zero attached hydrogens (tertiary/aromatic N) is 1. The first-order chi connectivity index (χ1) is 9.86. The molecule has 0 radical (unpaired) electrons. The number of likely N-dealkylation sites (N-methyl/N-ethyl adjacent to an activating group) is 1. The fourth-order valence-corrected chi connectivity index (χ4v) is 3.54. The van der Waals surface area contributed by atoms with Crippen LogP contribution in [-0.4, -0.2) is 18.5 Å². The van der Waals surface area contributed by atoms with Gasteiger partial charge in [0.1, 0.15) is 5.54 Å². The molecule has 0 saturated heterocycles. The average molecular weight is 298 g/mol. The van der Waals surface area contributed by atoms with Gasteiger partial charge in [0.25, 0.3) is 0 Å². The van der Waals surface area contributed by atoms with E-state index >= 15 is 0 Å². The Bertz CT molecular complexity index is 577. The minimum absolute atomic E-state index is 0.0894. The van der Waals surface area contributed by atoms with Gasteiger partial charge in [-0.2, -0.15) is 13.2 Å². The molecule has 3 nitrogen and oxygen atoms in total. The Balaban J connectivity index is 2.15. The lowest BCUT2D eigenvalue weighted by atomic mass is 9.77. The Morgan fingerprint density at radius 1 is 1.19 bits per heavy atom. The van der Waals surface area contributed by atoms with Crippen LogP contribution in [0.25, 0.3) is 0 Å². The smallest absolute Gasteiger partial charge is 0.358 e. The number of hydrogen-bond acceptors (Lipinski definition) is 2. The van der Waals surface area contributed by atoms with Gasteiger partial charge in [0, 0.05) is 7.05 Å². The monoisotopic (exact) mass is 298 g/mol. The van der Waals surface area contributed by atoms with Crippen molar-refractivity contribution in [2.24, 2.45) is 0 Å².